The summed E-state index contributed by atoms with van der Waals surface area (Å²) in [5.41, 5.74) is -0.899. The second kappa shape index (κ2) is 6.68. The standard InChI is InChI=1S/C18H21ClF2N2O3/c1-18(2,3)26-17(25)23-10-5-4-9(8-10)15(23)16(24)22-12-7-6-11(20)13(19)14(12)21/h6-7,9-10,15H,4-5,8H2,1-3H3,(H,22,24)/t9-,10+,15-/m0/s1. The van der Waals surface area contributed by atoms with Crippen LogP contribution in [-0.2, 0) is 9.53 Å². The van der Waals surface area contributed by atoms with E-state index in [1.807, 2.05) is 0 Å². The molecule has 3 rings (SSSR count). The van der Waals surface area contributed by atoms with Crippen molar-refractivity contribution >= 4 is 29.3 Å². The smallest absolute Gasteiger partial charge is 0.411 e. The Labute approximate surface area is 155 Å². The highest BCUT2D eigenvalue weighted by molar-refractivity contribution is 6.31. The molecule has 142 valence electrons. The number of amides is 2. The molecule has 2 amide bonds. The van der Waals surface area contributed by atoms with Gasteiger partial charge in [0.1, 0.15) is 22.5 Å². The van der Waals surface area contributed by atoms with Gasteiger partial charge in [0, 0.05) is 6.04 Å². The van der Waals surface area contributed by atoms with Gasteiger partial charge in [-0.1, -0.05) is 11.6 Å². The summed E-state index contributed by atoms with van der Waals surface area (Å²) >= 11 is 5.55. The number of halogens is 3. The number of anilines is 1. The fourth-order valence-corrected chi connectivity index (χ4v) is 3.90. The third kappa shape index (κ3) is 3.49. The van der Waals surface area contributed by atoms with Gasteiger partial charge in [0.2, 0.25) is 5.91 Å². The molecular formula is C18H21ClF2N2O3. The van der Waals surface area contributed by atoms with Gasteiger partial charge in [0.05, 0.1) is 5.69 Å². The quantitative estimate of drug-likeness (QED) is 0.769. The Morgan fingerprint density at radius 3 is 2.62 bits per heavy atom. The highest BCUT2D eigenvalue weighted by atomic mass is 35.5. The zero-order valence-electron chi connectivity index (χ0n) is 14.8. The van der Waals surface area contributed by atoms with E-state index in [1.165, 1.54) is 4.90 Å². The molecule has 1 N–H and O–H groups in total. The summed E-state index contributed by atoms with van der Waals surface area (Å²) in [6.07, 6.45) is 1.78. The van der Waals surface area contributed by atoms with Crippen LogP contribution >= 0.6 is 11.6 Å². The van der Waals surface area contributed by atoms with E-state index in [-0.39, 0.29) is 17.6 Å². The summed E-state index contributed by atoms with van der Waals surface area (Å²) in [6, 6.07) is 1.28. The number of ether oxygens (including phenoxy) is 1. The van der Waals surface area contributed by atoms with Crippen molar-refractivity contribution in [2.45, 2.75) is 57.7 Å². The van der Waals surface area contributed by atoms with Crippen molar-refractivity contribution in [1.82, 2.24) is 4.90 Å². The lowest BCUT2D eigenvalue weighted by Gasteiger charge is -2.35. The molecule has 1 aromatic rings. The fourth-order valence-electron chi connectivity index (χ4n) is 3.73. The Morgan fingerprint density at radius 1 is 1.27 bits per heavy atom. The fraction of sp³-hybridized carbons (Fsp3) is 0.556. The number of nitrogens with one attached hydrogen (secondary N) is 1. The second-order valence-corrected chi connectivity index (χ2v) is 8.15. The second-order valence-electron chi connectivity index (χ2n) is 7.77. The number of hydrogen-bond donors (Lipinski definition) is 1. The van der Waals surface area contributed by atoms with Gasteiger partial charge < -0.3 is 10.1 Å². The van der Waals surface area contributed by atoms with Crippen molar-refractivity contribution in [2.75, 3.05) is 5.32 Å². The number of carbonyl (C=O) groups is 2. The van der Waals surface area contributed by atoms with E-state index < -0.39 is 40.3 Å². The predicted octanol–water partition coefficient (Wildman–Crippen LogP) is 4.34. The van der Waals surface area contributed by atoms with Crippen LogP contribution in [0.5, 0.6) is 0 Å². The first kappa shape index (κ1) is 18.9. The summed E-state index contributed by atoms with van der Waals surface area (Å²) < 4.78 is 32.8. The normalized spacial score (nSPS) is 24.7. The first-order valence-corrected chi connectivity index (χ1v) is 8.92. The minimum atomic E-state index is -1.04. The largest absolute Gasteiger partial charge is 0.444 e. The van der Waals surface area contributed by atoms with Crippen LogP contribution in [0.1, 0.15) is 40.0 Å². The SMILES string of the molecule is CC(C)(C)OC(=O)N1[C@@H]2CC[C@@H](C2)[C@H]1C(=O)Nc1ccc(F)c(Cl)c1F. The molecule has 5 nitrogen and oxygen atoms in total. The van der Waals surface area contributed by atoms with E-state index in [0.717, 1.165) is 25.0 Å². The number of fused-ring (bicyclic) bond motifs is 2. The van der Waals surface area contributed by atoms with E-state index in [0.29, 0.717) is 6.42 Å². The van der Waals surface area contributed by atoms with E-state index >= 15 is 0 Å². The molecule has 2 fully saturated rings. The van der Waals surface area contributed by atoms with Crippen LogP contribution in [0.25, 0.3) is 0 Å². The molecule has 0 unspecified atom stereocenters. The minimum absolute atomic E-state index is 0.00787. The maximum Gasteiger partial charge on any atom is 0.411 e. The Hall–Kier alpha value is -1.89. The number of benzene rings is 1. The molecule has 0 radical (unpaired) electrons. The average molecular weight is 387 g/mol. The van der Waals surface area contributed by atoms with Crippen LogP contribution < -0.4 is 5.32 Å². The number of piperidine rings is 1. The van der Waals surface area contributed by atoms with E-state index in [4.69, 9.17) is 16.3 Å². The number of likely N-dealkylation sites (tertiary alicyclic amines) is 1. The lowest BCUT2D eigenvalue weighted by Crippen LogP contribution is -2.52. The van der Waals surface area contributed by atoms with Crippen molar-refractivity contribution in [3.63, 3.8) is 0 Å². The molecule has 26 heavy (non-hydrogen) atoms. The van der Waals surface area contributed by atoms with Gasteiger partial charge in [-0.05, 0) is 58.1 Å². The first-order chi connectivity index (χ1) is 12.1. The van der Waals surface area contributed by atoms with Gasteiger partial charge in [-0.15, -0.1) is 0 Å². The van der Waals surface area contributed by atoms with Crippen LogP contribution in [-0.4, -0.2) is 34.6 Å². The van der Waals surface area contributed by atoms with Gasteiger partial charge in [-0.3, -0.25) is 9.69 Å². The molecule has 0 spiro atoms. The van der Waals surface area contributed by atoms with Crippen molar-refractivity contribution in [2.24, 2.45) is 5.92 Å². The maximum absolute atomic E-state index is 14.1. The van der Waals surface area contributed by atoms with Crippen molar-refractivity contribution in [1.29, 1.82) is 0 Å². The molecule has 1 aromatic carbocycles. The van der Waals surface area contributed by atoms with Crippen molar-refractivity contribution < 1.29 is 23.1 Å². The highest BCUT2D eigenvalue weighted by Crippen LogP contribution is 2.43. The lowest BCUT2D eigenvalue weighted by atomic mass is 9.98. The molecule has 8 heteroatoms. The molecular weight excluding hydrogens is 366 g/mol. The van der Waals surface area contributed by atoms with Gasteiger partial charge in [-0.2, -0.15) is 0 Å². The van der Waals surface area contributed by atoms with Gasteiger partial charge in [-0.25, -0.2) is 13.6 Å². The van der Waals surface area contributed by atoms with Crippen LogP contribution in [0, 0.1) is 17.6 Å². The zero-order chi connectivity index (χ0) is 19.2. The molecule has 1 heterocycles. The highest BCUT2D eigenvalue weighted by Gasteiger charge is 2.52. The first-order valence-electron chi connectivity index (χ1n) is 8.54. The van der Waals surface area contributed by atoms with Gasteiger partial charge in [0.25, 0.3) is 0 Å². The zero-order valence-corrected chi connectivity index (χ0v) is 15.6. The van der Waals surface area contributed by atoms with Crippen LogP contribution in [0.2, 0.25) is 5.02 Å². The Kier molecular flexibility index (Phi) is 4.86. The molecule has 3 atom stereocenters. The average Bonchev–Trinajstić information content (AvgIpc) is 3.14. The van der Waals surface area contributed by atoms with Crippen LogP contribution in [0.15, 0.2) is 12.1 Å². The molecule has 1 saturated carbocycles. The number of carbonyl (C=O) groups excluding carboxylic acids is 2. The van der Waals surface area contributed by atoms with Gasteiger partial charge >= 0.3 is 6.09 Å². The lowest BCUT2D eigenvalue weighted by molar-refractivity contribution is -0.122. The Morgan fingerprint density at radius 2 is 1.96 bits per heavy atom. The molecule has 0 aromatic heterocycles. The van der Waals surface area contributed by atoms with E-state index in [2.05, 4.69) is 5.32 Å². The summed E-state index contributed by atoms with van der Waals surface area (Å²) in [5, 5.41) is 1.76. The number of hydrogen-bond acceptors (Lipinski definition) is 3. The third-order valence-corrected chi connectivity index (χ3v) is 5.10. The Balaban J connectivity index is 1.81. The van der Waals surface area contributed by atoms with Crippen molar-refractivity contribution in [3.05, 3.63) is 28.8 Å². The molecule has 2 bridgehead atoms. The third-order valence-electron chi connectivity index (χ3n) is 4.75. The number of rotatable bonds is 2. The summed E-state index contributed by atoms with van der Waals surface area (Å²) in [7, 11) is 0. The monoisotopic (exact) mass is 386 g/mol. The minimum Gasteiger partial charge on any atom is -0.444 e. The topological polar surface area (TPSA) is 58.6 Å². The molecule has 1 saturated heterocycles. The van der Waals surface area contributed by atoms with E-state index in [1.54, 1.807) is 20.8 Å². The molecule has 1 aliphatic heterocycles. The molecule has 1 aliphatic carbocycles. The molecule has 2 aliphatic rings. The van der Waals surface area contributed by atoms with Crippen LogP contribution in [0.3, 0.4) is 0 Å². The Bertz CT molecular complexity index is 751. The van der Waals surface area contributed by atoms with Crippen molar-refractivity contribution in [3.8, 4) is 0 Å². The summed E-state index contributed by atoms with van der Waals surface area (Å²) in [4.78, 5) is 26.8. The maximum atomic E-state index is 14.1. The van der Waals surface area contributed by atoms with E-state index in [9.17, 15) is 18.4 Å². The summed E-state index contributed by atoms with van der Waals surface area (Å²) in [6.45, 7) is 5.26. The number of nitrogens with zero attached hydrogens (tertiary/aromatic N) is 1. The van der Waals surface area contributed by atoms with Gasteiger partial charge in [0.15, 0.2) is 5.82 Å². The van der Waals surface area contributed by atoms with Crippen LogP contribution in [0.4, 0.5) is 19.3 Å². The summed E-state index contributed by atoms with van der Waals surface area (Å²) in [5.74, 6) is -2.47. The predicted molar refractivity (Wildman–Crippen MR) is 93.0 cm³/mol.